The van der Waals surface area contributed by atoms with Gasteiger partial charge in [0.05, 0.1) is 0 Å². The highest BCUT2D eigenvalue weighted by atomic mass is 32.1. The molecule has 1 aromatic rings. The van der Waals surface area contributed by atoms with Crippen LogP contribution in [0.15, 0.2) is 17.5 Å². The van der Waals surface area contributed by atoms with Gasteiger partial charge in [0.25, 0.3) is 0 Å². The Bertz CT molecular complexity index is 244. The first-order chi connectivity index (χ1) is 6.33. The van der Waals surface area contributed by atoms with Crippen molar-refractivity contribution in [2.75, 3.05) is 13.1 Å². The van der Waals surface area contributed by atoms with E-state index in [0.29, 0.717) is 0 Å². The molecule has 2 N–H and O–H groups in total. The SMILES string of the molecule is CCNC(=S)NCCc1cccs1. The third-order valence-electron chi connectivity index (χ3n) is 1.57. The lowest BCUT2D eigenvalue weighted by Crippen LogP contribution is -2.35. The molecule has 1 aromatic heterocycles. The summed E-state index contributed by atoms with van der Waals surface area (Å²) in [5.74, 6) is 0. The molecule has 0 aromatic carbocycles. The summed E-state index contributed by atoms with van der Waals surface area (Å²) in [5.41, 5.74) is 0. The first kappa shape index (κ1) is 10.5. The van der Waals surface area contributed by atoms with E-state index >= 15 is 0 Å². The molecule has 0 aliphatic heterocycles. The fraction of sp³-hybridized carbons (Fsp3) is 0.444. The summed E-state index contributed by atoms with van der Waals surface area (Å²) in [6.45, 7) is 3.82. The monoisotopic (exact) mass is 214 g/mol. The molecule has 0 bridgehead atoms. The number of thiophene rings is 1. The zero-order chi connectivity index (χ0) is 9.52. The third-order valence-corrected chi connectivity index (χ3v) is 2.80. The molecule has 0 aliphatic carbocycles. The van der Waals surface area contributed by atoms with Crippen molar-refractivity contribution in [2.24, 2.45) is 0 Å². The molecule has 0 saturated carbocycles. The normalized spacial score (nSPS) is 9.62. The van der Waals surface area contributed by atoms with Crippen LogP contribution in [0, 0.1) is 0 Å². The summed E-state index contributed by atoms with van der Waals surface area (Å²) in [6, 6.07) is 4.21. The smallest absolute Gasteiger partial charge is 0.166 e. The molecule has 0 amide bonds. The molecule has 0 spiro atoms. The first-order valence-electron chi connectivity index (χ1n) is 4.37. The highest BCUT2D eigenvalue weighted by Gasteiger charge is 1.94. The van der Waals surface area contributed by atoms with Crippen molar-refractivity contribution in [3.8, 4) is 0 Å². The molecule has 1 rings (SSSR count). The highest BCUT2D eigenvalue weighted by Crippen LogP contribution is 2.07. The minimum Gasteiger partial charge on any atom is -0.363 e. The zero-order valence-electron chi connectivity index (χ0n) is 7.67. The highest BCUT2D eigenvalue weighted by molar-refractivity contribution is 7.80. The average Bonchev–Trinajstić information content (AvgIpc) is 2.57. The van der Waals surface area contributed by atoms with E-state index in [9.17, 15) is 0 Å². The van der Waals surface area contributed by atoms with Crippen LogP contribution < -0.4 is 10.6 Å². The van der Waals surface area contributed by atoms with Crippen LogP contribution in [0.1, 0.15) is 11.8 Å². The van der Waals surface area contributed by atoms with Gasteiger partial charge in [0, 0.05) is 18.0 Å². The second-order valence-electron chi connectivity index (χ2n) is 2.62. The van der Waals surface area contributed by atoms with Crippen molar-refractivity contribution in [3.05, 3.63) is 22.4 Å². The summed E-state index contributed by atoms with van der Waals surface area (Å²) < 4.78 is 0. The second kappa shape index (κ2) is 5.94. The molecule has 13 heavy (non-hydrogen) atoms. The second-order valence-corrected chi connectivity index (χ2v) is 4.06. The Morgan fingerprint density at radius 2 is 2.38 bits per heavy atom. The van der Waals surface area contributed by atoms with Gasteiger partial charge in [-0.25, -0.2) is 0 Å². The van der Waals surface area contributed by atoms with E-state index in [2.05, 4.69) is 28.1 Å². The molecule has 2 nitrogen and oxygen atoms in total. The molecule has 0 radical (unpaired) electrons. The summed E-state index contributed by atoms with van der Waals surface area (Å²) in [5, 5.41) is 9.04. The van der Waals surface area contributed by atoms with Gasteiger partial charge < -0.3 is 10.6 Å². The minimum atomic E-state index is 0.749. The molecule has 0 unspecified atom stereocenters. The number of thiocarbonyl (C=S) groups is 1. The van der Waals surface area contributed by atoms with Crippen LogP contribution in [0.5, 0.6) is 0 Å². The molecular formula is C9H14N2S2. The maximum atomic E-state index is 5.03. The van der Waals surface area contributed by atoms with Crippen LogP contribution >= 0.6 is 23.6 Å². The van der Waals surface area contributed by atoms with Crippen LogP contribution in [0.2, 0.25) is 0 Å². The Kier molecular flexibility index (Phi) is 4.78. The Morgan fingerprint density at radius 1 is 1.54 bits per heavy atom. The summed E-state index contributed by atoms with van der Waals surface area (Å²) in [6.07, 6.45) is 1.04. The third kappa shape index (κ3) is 4.24. The molecule has 72 valence electrons. The van der Waals surface area contributed by atoms with Crippen LogP contribution in [0.3, 0.4) is 0 Å². The van der Waals surface area contributed by atoms with E-state index in [1.807, 2.05) is 6.92 Å². The number of rotatable bonds is 4. The quantitative estimate of drug-likeness (QED) is 0.747. The Morgan fingerprint density at radius 3 is 3.00 bits per heavy atom. The predicted molar refractivity (Wildman–Crippen MR) is 62.3 cm³/mol. The maximum Gasteiger partial charge on any atom is 0.166 e. The fourth-order valence-corrected chi connectivity index (χ4v) is 1.93. The summed E-state index contributed by atoms with van der Waals surface area (Å²) >= 11 is 6.81. The Labute approximate surface area is 88.4 Å². The number of hydrogen-bond acceptors (Lipinski definition) is 2. The topological polar surface area (TPSA) is 24.1 Å². The van der Waals surface area contributed by atoms with E-state index in [-0.39, 0.29) is 0 Å². The summed E-state index contributed by atoms with van der Waals surface area (Å²) in [4.78, 5) is 1.40. The van der Waals surface area contributed by atoms with E-state index < -0.39 is 0 Å². The van der Waals surface area contributed by atoms with Crippen molar-refractivity contribution in [1.29, 1.82) is 0 Å². The van der Waals surface area contributed by atoms with Gasteiger partial charge in [-0.15, -0.1) is 11.3 Å². The zero-order valence-corrected chi connectivity index (χ0v) is 9.30. The van der Waals surface area contributed by atoms with E-state index in [0.717, 1.165) is 24.6 Å². The molecule has 0 saturated heterocycles. The fourth-order valence-electron chi connectivity index (χ4n) is 0.977. The van der Waals surface area contributed by atoms with Crippen LogP contribution in [-0.4, -0.2) is 18.2 Å². The van der Waals surface area contributed by atoms with E-state index in [1.54, 1.807) is 11.3 Å². The van der Waals surface area contributed by atoms with Crippen molar-refractivity contribution in [1.82, 2.24) is 10.6 Å². The lowest BCUT2D eigenvalue weighted by molar-refractivity contribution is 0.836. The Balaban J connectivity index is 2.11. The lowest BCUT2D eigenvalue weighted by Gasteiger charge is -2.07. The van der Waals surface area contributed by atoms with Crippen molar-refractivity contribution in [3.63, 3.8) is 0 Å². The van der Waals surface area contributed by atoms with Crippen molar-refractivity contribution in [2.45, 2.75) is 13.3 Å². The molecular weight excluding hydrogens is 200 g/mol. The van der Waals surface area contributed by atoms with Crippen molar-refractivity contribution < 1.29 is 0 Å². The van der Waals surface area contributed by atoms with E-state index in [4.69, 9.17) is 12.2 Å². The minimum absolute atomic E-state index is 0.749. The van der Waals surface area contributed by atoms with Gasteiger partial charge in [-0.3, -0.25) is 0 Å². The van der Waals surface area contributed by atoms with Crippen LogP contribution in [-0.2, 0) is 6.42 Å². The Hall–Kier alpha value is -0.610. The van der Waals surface area contributed by atoms with Crippen LogP contribution in [0.4, 0.5) is 0 Å². The van der Waals surface area contributed by atoms with Gasteiger partial charge in [-0.05, 0) is 37.0 Å². The van der Waals surface area contributed by atoms with Gasteiger partial charge in [0.2, 0.25) is 0 Å². The molecule has 0 fully saturated rings. The number of nitrogens with one attached hydrogen (secondary N) is 2. The van der Waals surface area contributed by atoms with Gasteiger partial charge in [-0.1, -0.05) is 6.07 Å². The van der Waals surface area contributed by atoms with Gasteiger partial charge >= 0.3 is 0 Å². The largest absolute Gasteiger partial charge is 0.363 e. The van der Waals surface area contributed by atoms with Crippen LogP contribution in [0.25, 0.3) is 0 Å². The number of hydrogen-bond donors (Lipinski definition) is 2. The van der Waals surface area contributed by atoms with Crippen molar-refractivity contribution >= 4 is 28.7 Å². The van der Waals surface area contributed by atoms with Gasteiger partial charge in [0.15, 0.2) is 5.11 Å². The average molecular weight is 214 g/mol. The molecule has 4 heteroatoms. The first-order valence-corrected chi connectivity index (χ1v) is 5.65. The van der Waals surface area contributed by atoms with E-state index in [1.165, 1.54) is 4.88 Å². The summed E-state index contributed by atoms with van der Waals surface area (Å²) in [7, 11) is 0. The molecule has 0 atom stereocenters. The maximum absolute atomic E-state index is 5.03. The molecule has 0 aliphatic rings. The lowest BCUT2D eigenvalue weighted by atomic mass is 10.3. The van der Waals surface area contributed by atoms with Gasteiger partial charge in [-0.2, -0.15) is 0 Å². The molecule has 1 heterocycles. The standard InChI is InChI=1S/C9H14N2S2/c1-2-10-9(12)11-6-5-8-4-3-7-13-8/h3-4,7H,2,5-6H2,1H3,(H2,10,11,12). The predicted octanol–water partition coefficient (Wildman–Crippen LogP) is 1.77. The van der Waals surface area contributed by atoms with Gasteiger partial charge in [0.1, 0.15) is 0 Å².